The monoisotopic (exact) mass is 639 g/mol. The van der Waals surface area contributed by atoms with E-state index in [4.69, 9.17) is 14.7 Å². The zero-order valence-electron chi connectivity index (χ0n) is 27.6. The third-order valence-electron chi connectivity index (χ3n) is 10.7. The van der Waals surface area contributed by atoms with Gasteiger partial charge in [0, 0.05) is 81.8 Å². The second-order valence-corrected chi connectivity index (χ2v) is 15.2. The van der Waals surface area contributed by atoms with Crippen molar-refractivity contribution in [3.05, 3.63) is 48.3 Å². The molecule has 12 nitrogen and oxygen atoms in total. The highest BCUT2D eigenvalue weighted by atomic mass is 16.6. The van der Waals surface area contributed by atoms with Gasteiger partial charge in [-0.2, -0.15) is 0 Å². The summed E-state index contributed by atoms with van der Waals surface area (Å²) in [5.41, 5.74) is 3.46. The Morgan fingerprint density at radius 1 is 1.00 bits per heavy atom. The van der Waals surface area contributed by atoms with E-state index in [2.05, 4.69) is 36.3 Å². The maximum atomic E-state index is 12.3. The number of amides is 1. The summed E-state index contributed by atoms with van der Waals surface area (Å²) in [5.74, 6) is 2.34. The zero-order valence-corrected chi connectivity index (χ0v) is 27.6. The van der Waals surface area contributed by atoms with Crippen LogP contribution < -0.4 is 15.1 Å². The van der Waals surface area contributed by atoms with Gasteiger partial charge in [0.05, 0.1) is 17.4 Å². The number of piperidine rings is 1. The number of likely N-dealkylation sites (tertiary alicyclic amines) is 1. The largest absolute Gasteiger partial charge is 0.507 e. The Morgan fingerprint density at radius 2 is 1.74 bits per heavy atom. The molecule has 248 valence electrons. The molecule has 0 unspecified atom stereocenters. The SMILES string of the molecule is CC(C)(C)OC(=O)N1CC2(CC(c3cnc(N4CCC(N5CCN6c7cc(-c8ccccc8O)nnc7NC[C@H]6C5)CC4)nc3)C2)C1. The van der Waals surface area contributed by atoms with Gasteiger partial charge in [-0.1, -0.05) is 12.1 Å². The third kappa shape index (κ3) is 5.81. The van der Waals surface area contributed by atoms with Crippen LogP contribution in [0.15, 0.2) is 42.7 Å². The van der Waals surface area contributed by atoms with Gasteiger partial charge in [-0.05, 0) is 76.1 Å². The molecule has 2 aromatic heterocycles. The maximum Gasteiger partial charge on any atom is 0.410 e. The molecule has 8 rings (SSSR count). The Morgan fingerprint density at radius 3 is 2.47 bits per heavy atom. The van der Waals surface area contributed by atoms with Crippen LogP contribution in [0.5, 0.6) is 5.75 Å². The van der Waals surface area contributed by atoms with Crippen LogP contribution in [0.2, 0.25) is 0 Å². The van der Waals surface area contributed by atoms with Crippen molar-refractivity contribution >= 4 is 23.5 Å². The summed E-state index contributed by atoms with van der Waals surface area (Å²) >= 11 is 0. The first-order valence-electron chi connectivity index (χ1n) is 17.1. The molecule has 3 saturated heterocycles. The van der Waals surface area contributed by atoms with Gasteiger partial charge in [0.1, 0.15) is 11.4 Å². The number of nitrogens with one attached hydrogen (secondary N) is 1. The number of phenols is 1. The minimum atomic E-state index is -0.454. The van der Waals surface area contributed by atoms with Crippen molar-refractivity contribution < 1.29 is 14.6 Å². The van der Waals surface area contributed by atoms with E-state index in [0.29, 0.717) is 29.3 Å². The number of phenolic OH excluding ortho intramolecular Hbond substituents is 1. The molecular weight excluding hydrogens is 594 g/mol. The lowest BCUT2D eigenvalue weighted by atomic mass is 9.56. The smallest absolute Gasteiger partial charge is 0.410 e. The summed E-state index contributed by atoms with van der Waals surface area (Å²) in [6, 6.07) is 10.3. The summed E-state index contributed by atoms with van der Waals surface area (Å²) in [6.07, 6.45) is 8.23. The molecule has 1 atom stereocenters. The molecule has 6 heterocycles. The molecule has 1 spiro atoms. The molecule has 0 radical (unpaired) electrons. The highest BCUT2D eigenvalue weighted by molar-refractivity contribution is 5.76. The second kappa shape index (κ2) is 11.5. The molecule has 4 fully saturated rings. The molecule has 3 aromatic rings. The Kier molecular flexibility index (Phi) is 7.38. The number of fused-ring (bicyclic) bond motifs is 3. The van der Waals surface area contributed by atoms with Crippen molar-refractivity contribution in [1.29, 1.82) is 0 Å². The molecule has 2 N–H and O–H groups in total. The molecule has 5 aliphatic rings. The van der Waals surface area contributed by atoms with Crippen molar-refractivity contribution in [3.63, 3.8) is 0 Å². The van der Waals surface area contributed by atoms with Crippen molar-refractivity contribution in [2.24, 2.45) is 5.41 Å². The normalized spacial score (nSPS) is 23.0. The standard InChI is InChI=1S/C35H45N9O3/c1-34(2,3)47-33(46)43-21-35(22-43)15-23(16-35)24-17-37-32(38-18-24)41-10-8-25(9-11-41)42-12-13-44-26(20-42)19-36-31-29(44)14-28(39-40-31)27-6-4-5-7-30(27)45/h4-7,14,17-18,23,25-26,45H,8-13,15-16,19-22H2,1-3H3,(H,36,40)/t26-/m0/s1. The highest BCUT2D eigenvalue weighted by Crippen LogP contribution is 2.56. The number of carbonyl (C=O) groups excluding carboxylic acids is 1. The molecule has 0 bridgehead atoms. The number of carbonyl (C=O) groups is 1. The fraction of sp³-hybridized carbons (Fsp3) is 0.571. The summed E-state index contributed by atoms with van der Waals surface area (Å²) in [6.45, 7) is 13.0. The molecule has 4 aliphatic heterocycles. The Labute approximate surface area is 276 Å². The lowest BCUT2D eigenvalue weighted by molar-refractivity contribution is -0.0786. The third-order valence-corrected chi connectivity index (χ3v) is 10.7. The van der Waals surface area contributed by atoms with E-state index in [9.17, 15) is 9.90 Å². The Balaban J connectivity index is 0.820. The minimum absolute atomic E-state index is 0.197. The van der Waals surface area contributed by atoms with Crippen LogP contribution in [0.4, 0.5) is 22.2 Å². The van der Waals surface area contributed by atoms with Crippen LogP contribution in [0, 0.1) is 5.41 Å². The van der Waals surface area contributed by atoms with Crippen LogP contribution in [0.25, 0.3) is 11.3 Å². The lowest BCUT2D eigenvalue weighted by Crippen LogP contribution is -2.63. The van der Waals surface area contributed by atoms with Crippen molar-refractivity contribution in [1.82, 2.24) is 30.0 Å². The van der Waals surface area contributed by atoms with Crippen LogP contribution in [-0.4, -0.2) is 111 Å². The van der Waals surface area contributed by atoms with Gasteiger partial charge in [0.25, 0.3) is 0 Å². The maximum absolute atomic E-state index is 12.3. The molecule has 1 aromatic carbocycles. The van der Waals surface area contributed by atoms with Gasteiger partial charge in [-0.15, -0.1) is 10.2 Å². The molecule has 1 saturated carbocycles. The summed E-state index contributed by atoms with van der Waals surface area (Å²) in [5, 5.41) is 22.7. The Bertz CT molecular complexity index is 1620. The number of rotatable bonds is 4. The van der Waals surface area contributed by atoms with Crippen molar-refractivity contribution in [3.8, 4) is 17.0 Å². The molecule has 1 amide bonds. The number of hydrogen-bond acceptors (Lipinski definition) is 11. The first kappa shape index (κ1) is 30.2. The number of para-hydroxylation sites is 1. The van der Waals surface area contributed by atoms with Crippen LogP contribution >= 0.6 is 0 Å². The molecular formula is C35H45N9O3. The van der Waals surface area contributed by atoms with E-state index in [1.54, 1.807) is 6.07 Å². The van der Waals surface area contributed by atoms with Gasteiger partial charge < -0.3 is 29.9 Å². The number of ether oxygens (including phenoxy) is 1. The van der Waals surface area contributed by atoms with Gasteiger partial charge in [-0.3, -0.25) is 4.90 Å². The predicted octanol–water partition coefficient (Wildman–Crippen LogP) is 4.34. The van der Waals surface area contributed by atoms with Gasteiger partial charge in [0.15, 0.2) is 5.82 Å². The van der Waals surface area contributed by atoms with Crippen LogP contribution in [-0.2, 0) is 4.74 Å². The van der Waals surface area contributed by atoms with E-state index >= 15 is 0 Å². The topological polar surface area (TPSA) is 123 Å². The first-order chi connectivity index (χ1) is 22.6. The van der Waals surface area contributed by atoms with Gasteiger partial charge >= 0.3 is 6.09 Å². The van der Waals surface area contributed by atoms with E-state index in [1.807, 2.05) is 56.3 Å². The molecule has 12 heteroatoms. The van der Waals surface area contributed by atoms with Crippen LogP contribution in [0.3, 0.4) is 0 Å². The quantitative estimate of drug-likeness (QED) is 0.424. The average Bonchev–Trinajstić information content (AvgIpc) is 3.03. The van der Waals surface area contributed by atoms with E-state index in [0.717, 1.165) is 95.5 Å². The van der Waals surface area contributed by atoms with Crippen LogP contribution in [0.1, 0.15) is 57.9 Å². The number of hydrogen-bond donors (Lipinski definition) is 2. The summed E-state index contributed by atoms with van der Waals surface area (Å²) in [7, 11) is 0. The highest BCUT2D eigenvalue weighted by Gasteiger charge is 2.54. The minimum Gasteiger partial charge on any atom is -0.507 e. The Hall–Kier alpha value is -4.19. The fourth-order valence-corrected chi connectivity index (χ4v) is 8.30. The summed E-state index contributed by atoms with van der Waals surface area (Å²) in [4.78, 5) is 31.2. The van der Waals surface area contributed by atoms with Crippen molar-refractivity contribution in [2.75, 3.05) is 67.5 Å². The zero-order chi connectivity index (χ0) is 32.3. The van der Waals surface area contributed by atoms with Crippen molar-refractivity contribution in [2.45, 2.75) is 70.1 Å². The lowest BCUT2D eigenvalue weighted by Gasteiger charge is -2.58. The molecule has 47 heavy (non-hydrogen) atoms. The van der Waals surface area contributed by atoms with Gasteiger partial charge in [0.2, 0.25) is 5.95 Å². The van der Waals surface area contributed by atoms with E-state index in [1.165, 1.54) is 5.56 Å². The summed E-state index contributed by atoms with van der Waals surface area (Å²) < 4.78 is 5.52. The number of piperazine rings is 1. The number of aromatic nitrogens is 4. The van der Waals surface area contributed by atoms with Gasteiger partial charge in [-0.25, -0.2) is 14.8 Å². The van der Waals surface area contributed by atoms with E-state index < -0.39 is 5.60 Å². The number of anilines is 3. The second-order valence-electron chi connectivity index (χ2n) is 15.2. The fourth-order valence-electron chi connectivity index (χ4n) is 8.30. The first-order valence-corrected chi connectivity index (χ1v) is 17.1. The number of nitrogens with zero attached hydrogens (tertiary/aromatic N) is 8. The average molecular weight is 640 g/mol. The number of aromatic hydroxyl groups is 1. The molecule has 1 aliphatic carbocycles. The van der Waals surface area contributed by atoms with E-state index in [-0.39, 0.29) is 17.3 Å². The predicted molar refractivity (Wildman–Crippen MR) is 180 cm³/mol. The number of benzene rings is 1.